The van der Waals surface area contributed by atoms with E-state index in [4.69, 9.17) is 10.4 Å². The van der Waals surface area contributed by atoms with Gasteiger partial charge in [0.05, 0.1) is 0 Å². The van der Waals surface area contributed by atoms with Crippen molar-refractivity contribution in [2.24, 2.45) is 22.7 Å². The number of benzene rings is 1. The van der Waals surface area contributed by atoms with E-state index in [1.54, 1.807) is 6.07 Å². The van der Waals surface area contributed by atoms with E-state index in [2.05, 4.69) is 44.9 Å². The van der Waals surface area contributed by atoms with E-state index in [0.29, 0.717) is 23.3 Å². The van der Waals surface area contributed by atoms with Gasteiger partial charge in [0, 0.05) is 30.6 Å². The Labute approximate surface area is 192 Å². The molecule has 1 N–H and O–H groups in total. The van der Waals surface area contributed by atoms with Crippen LogP contribution in [0.5, 0.6) is 0 Å². The minimum absolute atomic E-state index is 0. The minimum Gasteiger partial charge on any atom is -0.377 e. The van der Waals surface area contributed by atoms with Crippen molar-refractivity contribution in [1.82, 2.24) is 4.90 Å². The van der Waals surface area contributed by atoms with E-state index >= 15 is 0 Å². The molecule has 3 rings (SSSR count). The number of hydrogen-bond donors (Lipinski definition) is 1. The molecule has 0 unspecified atom stereocenters. The summed E-state index contributed by atoms with van der Waals surface area (Å²) < 4.78 is 13.8. The third-order valence-corrected chi connectivity index (χ3v) is 6.35. The molecule has 0 bridgehead atoms. The number of aliphatic imine (C=N–C) groups is 1. The van der Waals surface area contributed by atoms with Crippen LogP contribution in [0.2, 0.25) is 0 Å². The number of halogens is 2. The number of hydrogen-bond acceptors (Lipinski definition) is 2. The lowest BCUT2D eigenvalue weighted by Crippen LogP contribution is -2.30. The molecule has 3 nitrogen and oxygen atoms in total. The van der Waals surface area contributed by atoms with Crippen LogP contribution in [-0.2, 0) is 0 Å². The molecule has 0 aromatic heterocycles. The van der Waals surface area contributed by atoms with Crippen LogP contribution >= 0.6 is 0 Å². The zero-order chi connectivity index (χ0) is 22.5. The fraction of sp³-hybridized carbons (Fsp3) is 0.556. The molecule has 5 heteroatoms. The lowest BCUT2D eigenvalue weighted by Gasteiger charge is -2.33. The first-order valence-electron chi connectivity index (χ1n) is 11.8. The first kappa shape index (κ1) is 26.0. The minimum atomic E-state index is -0.320. The van der Waals surface area contributed by atoms with Crippen molar-refractivity contribution in [3.8, 4) is 0 Å². The van der Waals surface area contributed by atoms with E-state index in [1.165, 1.54) is 36.2 Å². The second-order valence-electron chi connectivity index (χ2n) is 9.68. The second kappa shape index (κ2) is 11.5. The van der Waals surface area contributed by atoms with Crippen LogP contribution < -0.4 is 0 Å². The number of nitrogens with one attached hydrogen (secondary N) is 1. The van der Waals surface area contributed by atoms with Gasteiger partial charge in [-0.15, -0.1) is 0 Å². The van der Waals surface area contributed by atoms with Crippen LogP contribution in [0.1, 0.15) is 70.4 Å². The largest absolute Gasteiger partial charge is 0.377 e. The summed E-state index contributed by atoms with van der Waals surface area (Å²) in [4.78, 5) is 7.21. The lowest BCUT2D eigenvalue weighted by molar-refractivity contribution is 0.303. The van der Waals surface area contributed by atoms with Gasteiger partial charge in [-0.1, -0.05) is 32.1 Å². The molecule has 0 radical (unpaired) electrons. The van der Waals surface area contributed by atoms with Gasteiger partial charge < -0.3 is 4.90 Å². The molecule has 0 aliphatic heterocycles. The van der Waals surface area contributed by atoms with E-state index < -0.39 is 0 Å². The van der Waals surface area contributed by atoms with Gasteiger partial charge in [0.2, 0.25) is 0 Å². The Bertz CT molecular complexity index is 884. The fourth-order valence-corrected chi connectivity index (χ4v) is 4.83. The van der Waals surface area contributed by atoms with Gasteiger partial charge in [-0.3, -0.25) is 10.1 Å². The average molecular weight is 444 g/mol. The molecule has 2 aliphatic rings. The van der Waals surface area contributed by atoms with Crippen LogP contribution in [0.25, 0.3) is 0 Å². The summed E-state index contributed by atoms with van der Waals surface area (Å²) in [7, 11) is 2.23. The van der Waals surface area contributed by atoms with Crippen molar-refractivity contribution in [1.29, 1.82) is 5.41 Å². The van der Waals surface area contributed by atoms with Crippen molar-refractivity contribution in [3.63, 3.8) is 0 Å². The molecule has 0 heterocycles. The summed E-state index contributed by atoms with van der Waals surface area (Å²) in [5, 5.41) is 8.59. The first-order chi connectivity index (χ1) is 14.8. The Kier molecular flexibility index (Phi) is 9.35. The molecular weight excluding hydrogens is 404 g/mol. The molecule has 0 saturated heterocycles. The SMILES string of the molecule is CC(=NC(=N)c1cc(F)ccc1C)/C(=C(\C1CCC=CCC1)N(C)CC(C)C)C1CC1.F. The second-order valence-corrected chi connectivity index (χ2v) is 9.68. The fourth-order valence-electron chi connectivity index (χ4n) is 4.83. The van der Waals surface area contributed by atoms with Gasteiger partial charge in [0.15, 0.2) is 5.84 Å². The highest BCUT2D eigenvalue weighted by Gasteiger charge is 2.34. The molecule has 0 spiro atoms. The normalized spacial score (nSPS) is 18.2. The third-order valence-electron chi connectivity index (χ3n) is 6.35. The van der Waals surface area contributed by atoms with Crippen LogP contribution in [-0.4, -0.2) is 30.0 Å². The highest BCUT2D eigenvalue weighted by atomic mass is 19.1. The first-order valence-corrected chi connectivity index (χ1v) is 11.8. The highest BCUT2D eigenvalue weighted by Crippen LogP contribution is 2.43. The molecule has 1 aromatic carbocycles. The van der Waals surface area contributed by atoms with E-state index in [0.717, 1.165) is 43.5 Å². The Morgan fingerprint density at radius 3 is 2.31 bits per heavy atom. The molecule has 1 saturated carbocycles. The summed E-state index contributed by atoms with van der Waals surface area (Å²) in [6, 6.07) is 4.59. The van der Waals surface area contributed by atoms with Gasteiger partial charge in [-0.05, 0) is 93.4 Å². The number of aryl methyl sites for hydroxylation is 1. The Balaban J connectivity index is 0.00000363. The average Bonchev–Trinajstić information content (AvgIpc) is 3.54. The number of amidine groups is 1. The molecule has 0 amide bonds. The third kappa shape index (κ3) is 6.60. The maximum atomic E-state index is 13.8. The molecule has 0 atom stereocenters. The van der Waals surface area contributed by atoms with Crippen molar-refractivity contribution >= 4 is 11.5 Å². The quantitative estimate of drug-likeness (QED) is 0.273. The smallest absolute Gasteiger partial charge is 0.152 e. The molecule has 2 aliphatic carbocycles. The van der Waals surface area contributed by atoms with Gasteiger partial charge in [0.25, 0.3) is 0 Å². The maximum Gasteiger partial charge on any atom is 0.152 e. The summed E-state index contributed by atoms with van der Waals surface area (Å²) in [5.74, 6) is 1.46. The summed E-state index contributed by atoms with van der Waals surface area (Å²) >= 11 is 0. The zero-order valence-electron chi connectivity index (χ0n) is 20.2. The molecule has 32 heavy (non-hydrogen) atoms. The lowest BCUT2D eigenvalue weighted by atomic mass is 9.88. The van der Waals surface area contributed by atoms with Crippen molar-refractivity contribution in [3.05, 3.63) is 58.6 Å². The summed E-state index contributed by atoms with van der Waals surface area (Å²) in [6.45, 7) is 9.51. The van der Waals surface area contributed by atoms with Crippen molar-refractivity contribution < 1.29 is 9.09 Å². The monoisotopic (exact) mass is 443 g/mol. The number of allylic oxidation sites excluding steroid dienone is 4. The van der Waals surface area contributed by atoms with Gasteiger partial charge in [-0.25, -0.2) is 9.38 Å². The van der Waals surface area contributed by atoms with Crippen LogP contribution in [0.4, 0.5) is 9.09 Å². The summed E-state index contributed by atoms with van der Waals surface area (Å²) in [6.07, 6.45) is 11.6. The molecular formula is C27H39F2N3. The van der Waals surface area contributed by atoms with Crippen LogP contribution in [0.3, 0.4) is 0 Å². The molecule has 176 valence electrons. The summed E-state index contributed by atoms with van der Waals surface area (Å²) in [5.41, 5.74) is 5.16. The van der Waals surface area contributed by atoms with Gasteiger partial charge >= 0.3 is 0 Å². The zero-order valence-corrected chi connectivity index (χ0v) is 20.2. The predicted molar refractivity (Wildman–Crippen MR) is 132 cm³/mol. The Morgan fingerprint density at radius 2 is 1.75 bits per heavy atom. The molecule has 1 fully saturated rings. The standard InChI is InChI=1S/C27H38FN3.FH/c1-18(2)17-31(5)26(22-10-8-6-7-9-11-22)25(21-13-14-21)20(4)30-27(29)24-16-23(28)15-12-19(24)3;/h6-7,12,15-16,18,21-22,29H,8-11,13-14,17H2,1-5H3;1H/b26-25-,29-27?,30-20?;. The van der Waals surface area contributed by atoms with Gasteiger partial charge in [0.1, 0.15) is 5.82 Å². The van der Waals surface area contributed by atoms with Gasteiger partial charge in [-0.2, -0.15) is 0 Å². The van der Waals surface area contributed by atoms with Crippen molar-refractivity contribution in [2.75, 3.05) is 13.6 Å². The predicted octanol–water partition coefficient (Wildman–Crippen LogP) is 7.07. The van der Waals surface area contributed by atoms with Crippen LogP contribution in [0.15, 0.2) is 46.6 Å². The van der Waals surface area contributed by atoms with E-state index in [1.807, 2.05) is 6.92 Å². The highest BCUT2D eigenvalue weighted by molar-refractivity contribution is 6.11. The molecule has 1 aromatic rings. The van der Waals surface area contributed by atoms with E-state index in [-0.39, 0.29) is 16.4 Å². The Hall–Kier alpha value is -2.30. The number of rotatable bonds is 7. The topological polar surface area (TPSA) is 39.5 Å². The Morgan fingerprint density at radius 1 is 1.12 bits per heavy atom. The van der Waals surface area contributed by atoms with E-state index in [9.17, 15) is 4.39 Å². The number of nitrogens with zero attached hydrogens (tertiary/aromatic N) is 2. The van der Waals surface area contributed by atoms with Crippen molar-refractivity contribution in [2.45, 2.75) is 66.2 Å². The maximum absolute atomic E-state index is 13.8. The van der Waals surface area contributed by atoms with Crippen LogP contribution in [0, 0.1) is 35.9 Å².